The molecule has 1 rings (SSSR count). The summed E-state index contributed by atoms with van der Waals surface area (Å²) in [6, 6.07) is 6.55. The smallest absolute Gasteiger partial charge is 0.168 e. The zero-order chi connectivity index (χ0) is 8.27. The molecule has 1 aromatic rings. The summed E-state index contributed by atoms with van der Waals surface area (Å²) in [5, 5.41) is 0. The molecule has 1 aromatic carbocycles. The summed E-state index contributed by atoms with van der Waals surface area (Å²) < 4.78 is 20.8. The molecule has 0 atom stereocenters. The molecule has 0 saturated carbocycles. The first-order valence-corrected chi connectivity index (χ1v) is 4.28. The lowest BCUT2D eigenvalue weighted by Gasteiger charge is -1.91. The maximum atomic E-state index is 10.4. The van der Waals surface area contributed by atoms with E-state index in [0.717, 1.165) is 5.56 Å². The third-order valence-corrected chi connectivity index (χ3v) is 2.06. The Kier molecular flexibility index (Phi) is 4.25. The Morgan fingerprint density at radius 2 is 1.67 bits per heavy atom. The van der Waals surface area contributed by atoms with Crippen molar-refractivity contribution in [3.63, 3.8) is 0 Å². The molecule has 3 nitrogen and oxygen atoms in total. The zero-order valence-electron chi connectivity index (χ0n) is 6.36. The van der Waals surface area contributed by atoms with Gasteiger partial charge in [0.25, 0.3) is 0 Å². The van der Waals surface area contributed by atoms with Crippen LogP contribution >= 0.6 is 0 Å². The Labute approximate surface area is 72.6 Å². The van der Waals surface area contributed by atoms with Crippen LogP contribution in [0, 0.1) is 0 Å². The molecule has 0 bridgehead atoms. The largest absolute Gasteiger partial charge is 0.412 e. The first-order chi connectivity index (χ1) is 5.24. The Morgan fingerprint density at radius 1 is 1.17 bits per heavy atom. The summed E-state index contributed by atoms with van der Waals surface area (Å²) in [4.78, 5) is 0.339. The fourth-order valence-electron chi connectivity index (χ4n) is 0.732. The highest BCUT2D eigenvalue weighted by atomic mass is 32.2. The highest BCUT2D eigenvalue weighted by Gasteiger charge is 1.91. The van der Waals surface area contributed by atoms with Crippen LogP contribution in [0.4, 0.5) is 0 Å². The standard InChI is InChI=1S/C8H8O2S.H2O/c1-2-7-3-5-8(6-4-7)11(9)10;/h2-6,11H,1H2;1H2. The van der Waals surface area contributed by atoms with Gasteiger partial charge in [0.2, 0.25) is 0 Å². The number of hydrogen-bond donors (Lipinski definition) is 1. The molecular weight excluding hydrogens is 176 g/mol. The zero-order valence-corrected chi connectivity index (χ0v) is 7.25. The lowest BCUT2D eigenvalue weighted by atomic mass is 10.2. The van der Waals surface area contributed by atoms with E-state index in [1.165, 1.54) is 0 Å². The van der Waals surface area contributed by atoms with Gasteiger partial charge >= 0.3 is 0 Å². The second-order valence-electron chi connectivity index (χ2n) is 2.05. The minimum atomic E-state index is -2.45. The van der Waals surface area contributed by atoms with Crippen molar-refractivity contribution in [1.82, 2.24) is 0 Å². The van der Waals surface area contributed by atoms with E-state index in [1.54, 1.807) is 30.3 Å². The first kappa shape index (κ1) is 10.9. The van der Waals surface area contributed by atoms with Crippen LogP contribution in [0.15, 0.2) is 35.7 Å². The molecule has 0 spiro atoms. The molecule has 0 aliphatic heterocycles. The minimum Gasteiger partial charge on any atom is -0.412 e. The molecule has 2 N–H and O–H groups in total. The Hall–Kier alpha value is -1.13. The van der Waals surface area contributed by atoms with Crippen molar-refractivity contribution in [3.8, 4) is 0 Å². The van der Waals surface area contributed by atoms with E-state index >= 15 is 0 Å². The number of thiol groups is 1. The quantitative estimate of drug-likeness (QED) is 0.682. The summed E-state index contributed by atoms with van der Waals surface area (Å²) in [6.07, 6.45) is 1.67. The molecule has 4 heteroatoms. The van der Waals surface area contributed by atoms with Crippen molar-refractivity contribution in [2.45, 2.75) is 4.90 Å². The number of hydrogen-bond acceptors (Lipinski definition) is 2. The topological polar surface area (TPSA) is 65.6 Å². The van der Waals surface area contributed by atoms with Gasteiger partial charge in [-0.2, -0.15) is 0 Å². The molecule has 0 aliphatic rings. The highest BCUT2D eigenvalue weighted by Crippen LogP contribution is 2.05. The van der Waals surface area contributed by atoms with Gasteiger partial charge in [0.15, 0.2) is 10.7 Å². The fraction of sp³-hybridized carbons (Fsp3) is 0. The fourth-order valence-corrected chi connectivity index (χ4v) is 1.12. The van der Waals surface area contributed by atoms with Crippen LogP contribution in [-0.4, -0.2) is 13.9 Å². The van der Waals surface area contributed by atoms with E-state index in [9.17, 15) is 8.42 Å². The minimum absolute atomic E-state index is 0. The second kappa shape index (κ2) is 4.69. The first-order valence-electron chi connectivity index (χ1n) is 3.11. The lowest BCUT2D eigenvalue weighted by molar-refractivity contribution is 0.614. The average Bonchev–Trinajstić information content (AvgIpc) is 2.05. The predicted octanol–water partition coefficient (Wildman–Crippen LogP) is 0.475. The Morgan fingerprint density at radius 3 is 2.00 bits per heavy atom. The highest BCUT2D eigenvalue weighted by molar-refractivity contribution is 7.72. The number of rotatable bonds is 2. The lowest BCUT2D eigenvalue weighted by Crippen LogP contribution is -1.78. The van der Waals surface area contributed by atoms with E-state index in [2.05, 4.69) is 6.58 Å². The van der Waals surface area contributed by atoms with Crippen molar-refractivity contribution in [2.75, 3.05) is 0 Å². The van der Waals surface area contributed by atoms with Gasteiger partial charge < -0.3 is 5.48 Å². The van der Waals surface area contributed by atoms with Crippen LogP contribution in [0.2, 0.25) is 0 Å². The van der Waals surface area contributed by atoms with Gasteiger partial charge in [0.1, 0.15) is 0 Å². The molecular formula is C8H10O3S. The SMILES string of the molecule is C=Cc1ccc([SH](=O)=O)cc1.O. The van der Waals surface area contributed by atoms with Crippen LogP contribution in [0.3, 0.4) is 0 Å². The van der Waals surface area contributed by atoms with Crippen molar-refractivity contribution in [3.05, 3.63) is 36.4 Å². The van der Waals surface area contributed by atoms with Crippen LogP contribution in [-0.2, 0) is 10.7 Å². The van der Waals surface area contributed by atoms with Crippen molar-refractivity contribution < 1.29 is 13.9 Å². The van der Waals surface area contributed by atoms with Gasteiger partial charge in [-0.25, -0.2) is 8.42 Å². The molecule has 0 unspecified atom stereocenters. The van der Waals surface area contributed by atoms with Crippen LogP contribution in [0.5, 0.6) is 0 Å². The molecule has 12 heavy (non-hydrogen) atoms. The Bertz CT molecular complexity index is 317. The summed E-state index contributed by atoms with van der Waals surface area (Å²) in [5.74, 6) is 0. The maximum absolute atomic E-state index is 10.4. The molecule has 0 radical (unpaired) electrons. The van der Waals surface area contributed by atoms with E-state index < -0.39 is 10.7 Å². The predicted molar refractivity (Wildman–Crippen MR) is 48.7 cm³/mol. The summed E-state index contributed by atoms with van der Waals surface area (Å²) >= 11 is 0. The molecule has 0 saturated heterocycles. The molecule has 0 amide bonds. The summed E-state index contributed by atoms with van der Waals surface area (Å²) in [6.45, 7) is 3.55. The van der Waals surface area contributed by atoms with E-state index in [4.69, 9.17) is 0 Å². The van der Waals surface area contributed by atoms with Crippen LogP contribution < -0.4 is 0 Å². The second-order valence-corrected chi connectivity index (χ2v) is 3.08. The van der Waals surface area contributed by atoms with E-state index in [-0.39, 0.29) is 5.48 Å². The van der Waals surface area contributed by atoms with Crippen molar-refractivity contribution in [1.29, 1.82) is 0 Å². The molecule has 0 aliphatic carbocycles. The normalized spacial score (nSPS) is 9.08. The van der Waals surface area contributed by atoms with Gasteiger partial charge in [-0.1, -0.05) is 24.8 Å². The molecule has 0 heterocycles. The summed E-state index contributed by atoms with van der Waals surface area (Å²) in [7, 11) is -2.45. The van der Waals surface area contributed by atoms with Gasteiger partial charge in [-0.3, -0.25) is 0 Å². The van der Waals surface area contributed by atoms with Gasteiger partial charge in [-0.05, 0) is 17.7 Å². The van der Waals surface area contributed by atoms with Crippen LogP contribution in [0.1, 0.15) is 5.56 Å². The van der Waals surface area contributed by atoms with Crippen molar-refractivity contribution in [2.24, 2.45) is 0 Å². The monoisotopic (exact) mass is 186 g/mol. The third-order valence-electron chi connectivity index (χ3n) is 1.34. The maximum Gasteiger partial charge on any atom is 0.168 e. The molecule has 0 aromatic heterocycles. The van der Waals surface area contributed by atoms with E-state index in [1.807, 2.05) is 0 Å². The molecule has 0 fully saturated rings. The average molecular weight is 186 g/mol. The Balaban J connectivity index is 0.00000121. The van der Waals surface area contributed by atoms with Crippen LogP contribution in [0.25, 0.3) is 6.08 Å². The van der Waals surface area contributed by atoms with Gasteiger partial charge in [-0.15, -0.1) is 0 Å². The van der Waals surface area contributed by atoms with Gasteiger partial charge in [0, 0.05) is 0 Å². The third kappa shape index (κ3) is 2.48. The van der Waals surface area contributed by atoms with E-state index in [0.29, 0.717) is 4.90 Å². The number of benzene rings is 1. The summed E-state index contributed by atoms with van der Waals surface area (Å²) in [5.41, 5.74) is 0.922. The molecule has 66 valence electrons. The van der Waals surface area contributed by atoms with Crippen molar-refractivity contribution >= 4 is 16.8 Å². The van der Waals surface area contributed by atoms with Gasteiger partial charge in [0.05, 0.1) is 4.90 Å².